The molecule has 1 aromatic carbocycles. The lowest BCUT2D eigenvalue weighted by Gasteiger charge is -2.33. The Balaban J connectivity index is 2.04. The Bertz CT molecular complexity index is 428. The number of carbonyl (C=O) groups excluding carboxylic acids is 2. The molecule has 0 aromatic heterocycles. The molecule has 0 amide bonds. The number of rotatable bonds is 3. The molecule has 1 saturated heterocycles. The second kappa shape index (κ2) is 5.78. The first-order valence-corrected chi connectivity index (χ1v) is 6.12. The van der Waals surface area contributed by atoms with Gasteiger partial charge >= 0.3 is 5.97 Å². The SMILES string of the molecule is CC(=O)OC1CC(=O)CCN1Cc1ccccc1. The fraction of sp³-hybridized carbons (Fsp3) is 0.429. The number of piperidine rings is 1. The summed E-state index contributed by atoms with van der Waals surface area (Å²) in [5.74, 6) is -0.182. The van der Waals surface area contributed by atoms with Gasteiger partial charge < -0.3 is 4.74 Å². The van der Waals surface area contributed by atoms with Crippen molar-refractivity contribution in [3.63, 3.8) is 0 Å². The maximum Gasteiger partial charge on any atom is 0.304 e. The van der Waals surface area contributed by atoms with Crippen LogP contribution in [0.3, 0.4) is 0 Å². The van der Waals surface area contributed by atoms with Crippen molar-refractivity contribution in [2.75, 3.05) is 6.54 Å². The van der Waals surface area contributed by atoms with Crippen LogP contribution >= 0.6 is 0 Å². The molecule has 0 bridgehead atoms. The highest BCUT2D eigenvalue weighted by Crippen LogP contribution is 2.18. The first-order chi connectivity index (χ1) is 8.65. The molecule has 0 radical (unpaired) electrons. The average Bonchev–Trinajstić information content (AvgIpc) is 2.33. The third-order valence-corrected chi connectivity index (χ3v) is 3.02. The fourth-order valence-corrected chi connectivity index (χ4v) is 2.14. The summed E-state index contributed by atoms with van der Waals surface area (Å²) >= 11 is 0. The van der Waals surface area contributed by atoms with Gasteiger partial charge in [-0.15, -0.1) is 0 Å². The highest BCUT2D eigenvalue weighted by atomic mass is 16.6. The molecule has 1 atom stereocenters. The second-order valence-corrected chi connectivity index (χ2v) is 4.51. The summed E-state index contributed by atoms with van der Waals surface area (Å²) in [6.45, 7) is 2.72. The Kier molecular flexibility index (Phi) is 4.10. The van der Waals surface area contributed by atoms with E-state index >= 15 is 0 Å². The molecule has 1 heterocycles. The van der Waals surface area contributed by atoms with Crippen LogP contribution in [0.2, 0.25) is 0 Å². The van der Waals surface area contributed by atoms with Crippen molar-refractivity contribution in [1.82, 2.24) is 4.90 Å². The lowest BCUT2D eigenvalue weighted by Crippen LogP contribution is -2.44. The molecule has 18 heavy (non-hydrogen) atoms. The van der Waals surface area contributed by atoms with Crippen LogP contribution in [0.1, 0.15) is 25.3 Å². The topological polar surface area (TPSA) is 46.6 Å². The van der Waals surface area contributed by atoms with Gasteiger partial charge in [-0.1, -0.05) is 30.3 Å². The summed E-state index contributed by atoms with van der Waals surface area (Å²) in [6.07, 6.45) is 0.417. The standard InChI is InChI=1S/C14H17NO3/c1-11(16)18-14-9-13(17)7-8-15(14)10-12-5-3-2-4-6-12/h2-6,14H,7-10H2,1H3. The molecule has 0 spiro atoms. The Morgan fingerprint density at radius 3 is 2.78 bits per heavy atom. The molecular formula is C14H17NO3. The van der Waals surface area contributed by atoms with E-state index in [0.717, 1.165) is 5.56 Å². The van der Waals surface area contributed by atoms with Gasteiger partial charge in [0, 0.05) is 26.4 Å². The van der Waals surface area contributed by atoms with Crippen LogP contribution in [-0.2, 0) is 20.9 Å². The summed E-state index contributed by atoms with van der Waals surface area (Å²) in [5, 5.41) is 0. The minimum Gasteiger partial charge on any atom is -0.446 e. The van der Waals surface area contributed by atoms with Crippen molar-refractivity contribution >= 4 is 11.8 Å². The van der Waals surface area contributed by atoms with Gasteiger partial charge in [0.2, 0.25) is 0 Å². The number of esters is 1. The van der Waals surface area contributed by atoms with Crippen molar-refractivity contribution in [1.29, 1.82) is 0 Å². The Morgan fingerprint density at radius 2 is 2.11 bits per heavy atom. The molecule has 1 aliphatic heterocycles. The molecule has 1 unspecified atom stereocenters. The van der Waals surface area contributed by atoms with E-state index in [0.29, 0.717) is 25.9 Å². The summed E-state index contributed by atoms with van der Waals surface area (Å²) < 4.78 is 5.21. The van der Waals surface area contributed by atoms with Gasteiger partial charge in [-0.05, 0) is 5.56 Å². The molecule has 0 N–H and O–H groups in total. The Labute approximate surface area is 107 Å². The van der Waals surface area contributed by atoms with E-state index in [4.69, 9.17) is 4.74 Å². The summed E-state index contributed by atoms with van der Waals surface area (Å²) in [7, 11) is 0. The normalized spacial score (nSPS) is 20.7. The van der Waals surface area contributed by atoms with Gasteiger partial charge in [-0.3, -0.25) is 14.5 Å². The van der Waals surface area contributed by atoms with Crippen molar-refractivity contribution in [2.24, 2.45) is 0 Å². The van der Waals surface area contributed by atoms with E-state index in [9.17, 15) is 9.59 Å². The van der Waals surface area contributed by atoms with Crippen molar-refractivity contribution in [3.8, 4) is 0 Å². The Hall–Kier alpha value is -1.68. The quantitative estimate of drug-likeness (QED) is 0.763. The number of ether oxygens (including phenoxy) is 1. The van der Waals surface area contributed by atoms with Crippen LogP contribution in [0.4, 0.5) is 0 Å². The number of benzene rings is 1. The second-order valence-electron chi connectivity index (χ2n) is 4.51. The third kappa shape index (κ3) is 3.40. The number of Topliss-reactive ketones (excluding diaryl/α,β-unsaturated/α-hetero) is 1. The van der Waals surface area contributed by atoms with E-state index in [1.165, 1.54) is 6.92 Å². The molecule has 0 aliphatic carbocycles. The molecule has 4 nitrogen and oxygen atoms in total. The van der Waals surface area contributed by atoms with Crippen molar-refractivity contribution < 1.29 is 14.3 Å². The van der Waals surface area contributed by atoms with Crippen LogP contribution in [0.5, 0.6) is 0 Å². The van der Waals surface area contributed by atoms with E-state index < -0.39 is 6.23 Å². The zero-order chi connectivity index (χ0) is 13.0. The van der Waals surface area contributed by atoms with E-state index in [1.54, 1.807) is 0 Å². The molecule has 4 heteroatoms. The van der Waals surface area contributed by atoms with Crippen LogP contribution < -0.4 is 0 Å². The van der Waals surface area contributed by atoms with Crippen molar-refractivity contribution in [2.45, 2.75) is 32.5 Å². The third-order valence-electron chi connectivity index (χ3n) is 3.02. The van der Waals surface area contributed by atoms with Crippen LogP contribution in [0.15, 0.2) is 30.3 Å². The largest absolute Gasteiger partial charge is 0.446 e. The maximum atomic E-state index is 11.4. The molecular weight excluding hydrogens is 230 g/mol. The zero-order valence-corrected chi connectivity index (χ0v) is 10.5. The van der Waals surface area contributed by atoms with Crippen molar-refractivity contribution in [3.05, 3.63) is 35.9 Å². The fourth-order valence-electron chi connectivity index (χ4n) is 2.14. The van der Waals surface area contributed by atoms with Gasteiger partial charge in [-0.25, -0.2) is 0 Å². The van der Waals surface area contributed by atoms with Gasteiger partial charge in [0.15, 0.2) is 6.23 Å². The highest BCUT2D eigenvalue weighted by molar-refractivity contribution is 5.80. The number of hydrogen-bond donors (Lipinski definition) is 0. The molecule has 96 valence electrons. The molecule has 1 aliphatic rings. The maximum absolute atomic E-state index is 11.4. The smallest absolute Gasteiger partial charge is 0.304 e. The molecule has 0 saturated carbocycles. The minimum atomic E-state index is -0.413. The predicted molar refractivity (Wildman–Crippen MR) is 66.6 cm³/mol. The average molecular weight is 247 g/mol. The lowest BCUT2D eigenvalue weighted by atomic mass is 10.1. The van der Waals surface area contributed by atoms with Gasteiger partial charge in [0.05, 0.1) is 6.42 Å². The van der Waals surface area contributed by atoms with E-state index in [1.807, 2.05) is 35.2 Å². The van der Waals surface area contributed by atoms with Crippen LogP contribution in [0, 0.1) is 0 Å². The first-order valence-electron chi connectivity index (χ1n) is 6.12. The van der Waals surface area contributed by atoms with Gasteiger partial charge in [0.25, 0.3) is 0 Å². The molecule has 2 rings (SSSR count). The predicted octanol–water partition coefficient (Wildman–Crippen LogP) is 1.74. The van der Waals surface area contributed by atoms with E-state index in [2.05, 4.69) is 0 Å². The zero-order valence-electron chi connectivity index (χ0n) is 10.5. The minimum absolute atomic E-state index is 0.158. The number of hydrogen-bond acceptors (Lipinski definition) is 4. The number of ketones is 1. The van der Waals surface area contributed by atoms with Gasteiger partial charge in [-0.2, -0.15) is 0 Å². The summed E-state index contributed by atoms with van der Waals surface area (Å²) in [5.41, 5.74) is 1.16. The number of likely N-dealkylation sites (tertiary alicyclic amines) is 1. The first kappa shape index (κ1) is 12.8. The summed E-state index contributed by atoms with van der Waals surface area (Å²) in [6, 6.07) is 9.98. The Morgan fingerprint density at radius 1 is 1.39 bits per heavy atom. The monoisotopic (exact) mass is 247 g/mol. The summed E-state index contributed by atoms with van der Waals surface area (Å²) in [4.78, 5) is 24.5. The van der Waals surface area contributed by atoms with E-state index in [-0.39, 0.29) is 11.8 Å². The number of carbonyl (C=O) groups is 2. The van der Waals surface area contributed by atoms with Crippen LogP contribution in [0.25, 0.3) is 0 Å². The highest BCUT2D eigenvalue weighted by Gasteiger charge is 2.29. The van der Waals surface area contributed by atoms with Crippen LogP contribution in [-0.4, -0.2) is 29.4 Å². The molecule has 1 fully saturated rings. The van der Waals surface area contributed by atoms with Gasteiger partial charge in [0.1, 0.15) is 5.78 Å². The molecule has 1 aromatic rings. The lowest BCUT2D eigenvalue weighted by molar-refractivity contribution is -0.162. The number of nitrogens with zero attached hydrogens (tertiary/aromatic N) is 1.